The molecule has 0 aliphatic carbocycles. The molecule has 29 heavy (non-hydrogen) atoms. The van der Waals surface area contributed by atoms with Crippen molar-refractivity contribution in [1.29, 1.82) is 0 Å². The van der Waals surface area contributed by atoms with Crippen molar-refractivity contribution in [3.63, 3.8) is 0 Å². The van der Waals surface area contributed by atoms with E-state index in [-0.39, 0.29) is 25.0 Å². The van der Waals surface area contributed by atoms with Crippen LogP contribution >= 0.6 is 0 Å². The molecule has 0 saturated carbocycles. The molecule has 1 aliphatic rings. The molecule has 0 spiro atoms. The van der Waals surface area contributed by atoms with Gasteiger partial charge in [0.25, 0.3) is 0 Å². The molecule has 1 atom stereocenters. The number of methoxy groups -OCH3 is 2. The molecule has 1 saturated heterocycles. The van der Waals surface area contributed by atoms with Crippen LogP contribution in [0.3, 0.4) is 0 Å². The van der Waals surface area contributed by atoms with Crippen LogP contribution in [0.25, 0.3) is 0 Å². The highest BCUT2D eigenvalue weighted by atomic mass is 16.5. The number of carbonyl (C=O) groups excluding carboxylic acids is 1. The van der Waals surface area contributed by atoms with E-state index >= 15 is 0 Å². The van der Waals surface area contributed by atoms with Gasteiger partial charge in [0, 0.05) is 45.9 Å². The lowest BCUT2D eigenvalue weighted by molar-refractivity contribution is -0.137. The van der Waals surface area contributed by atoms with Crippen LogP contribution in [0.5, 0.6) is 0 Å². The zero-order chi connectivity index (χ0) is 21.2. The molecule has 2 rings (SSSR count). The molecule has 9 nitrogen and oxygen atoms in total. The van der Waals surface area contributed by atoms with Crippen LogP contribution in [0, 0.1) is 0 Å². The number of primary amides is 1. The van der Waals surface area contributed by atoms with E-state index in [0.717, 1.165) is 24.1 Å². The molecule has 9 heteroatoms. The van der Waals surface area contributed by atoms with E-state index in [1.165, 1.54) is 7.11 Å². The largest absolute Gasteiger partial charge is 0.481 e. The van der Waals surface area contributed by atoms with Crippen molar-refractivity contribution in [1.82, 2.24) is 0 Å². The second-order valence-electron chi connectivity index (χ2n) is 7.05. The molecule has 1 fully saturated rings. The summed E-state index contributed by atoms with van der Waals surface area (Å²) in [6, 6.07) is 5.13. The smallest absolute Gasteiger partial charge is 0.316 e. The Morgan fingerprint density at radius 1 is 1.31 bits per heavy atom. The van der Waals surface area contributed by atoms with Gasteiger partial charge in [-0.25, -0.2) is 4.79 Å². The predicted molar refractivity (Wildman–Crippen MR) is 110 cm³/mol. The van der Waals surface area contributed by atoms with E-state index in [4.69, 9.17) is 19.9 Å². The van der Waals surface area contributed by atoms with Crippen molar-refractivity contribution >= 4 is 23.4 Å². The molecule has 2 amide bonds. The number of benzene rings is 1. The fourth-order valence-electron chi connectivity index (χ4n) is 3.66. The number of hydrogen-bond donors (Lipinski definition) is 3. The fourth-order valence-corrected chi connectivity index (χ4v) is 3.66. The highest BCUT2D eigenvalue weighted by Crippen LogP contribution is 2.34. The van der Waals surface area contributed by atoms with Crippen molar-refractivity contribution in [2.24, 2.45) is 5.73 Å². The van der Waals surface area contributed by atoms with Crippen LogP contribution in [-0.2, 0) is 19.0 Å². The summed E-state index contributed by atoms with van der Waals surface area (Å²) in [6.07, 6.45) is 1.66. The molecule has 0 aromatic heterocycles. The molecule has 1 aliphatic heterocycles. The van der Waals surface area contributed by atoms with Crippen LogP contribution in [-0.4, -0.2) is 70.3 Å². The zero-order valence-corrected chi connectivity index (χ0v) is 17.1. The lowest BCUT2D eigenvalue weighted by atomic mass is 9.95. The molecular weight excluding hydrogens is 378 g/mol. The van der Waals surface area contributed by atoms with Gasteiger partial charge in [0.1, 0.15) is 0 Å². The summed E-state index contributed by atoms with van der Waals surface area (Å²) in [5, 5.41) is 11.9. The van der Waals surface area contributed by atoms with Crippen LogP contribution in [0.2, 0.25) is 0 Å². The van der Waals surface area contributed by atoms with Crippen molar-refractivity contribution in [2.45, 2.75) is 31.2 Å². The van der Waals surface area contributed by atoms with Crippen LogP contribution in [0.4, 0.5) is 16.2 Å². The van der Waals surface area contributed by atoms with E-state index in [0.29, 0.717) is 32.1 Å². The van der Waals surface area contributed by atoms with Gasteiger partial charge in [-0.1, -0.05) is 6.07 Å². The molecule has 162 valence electrons. The van der Waals surface area contributed by atoms with Crippen LogP contribution < -0.4 is 16.0 Å². The Hall–Kier alpha value is -2.36. The van der Waals surface area contributed by atoms with Crippen LogP contribution in [0.1, 0.15) is 30.7 Å². The lowest BCUT2D eigenvalue weighted by Gasteiger charge is -2.37. The van der Waals surface area contributed by atoms with Crippen LogP contribution in [0.15, 0.2) is 18.2 Å². The van der Waals surface area contributed by atoms with Gasteiger partial charge in [0.15, 0.2) is 0 Å². The molecule has 1 aromatic carbocycles. The molecule has 0 radical (unpaired) electrons. The number of urea groups is 1. The average molecular weight is 409 g/mol. The summed E-state index contributed by atoms with van der Waals surface area (Å²) in [7, 11) is 3.18. The Bertz CT molecular complexity index is 678. The summed E-state index contributed by atoms with van der Waals surface area (Å²) in [5.74, 6) is -1.25. The first-order valence-electron chi connectivity index (χ1n) is 9.70. The number of rotatable bonds is 11. The summed E-state index contributed by atoms with van der Waals surface area (Å²) in [4.78, 5) is 25.1. The van der Waals surface area contributed by atoms with Gasteiger partial charge in [0.05, 0.1) is 31.0 Å². The Labute approximate surface area is 171 Å². The van der Waals surface area contributed by atoms with Crippen molar-refractivity contribution in [2.75, 3.05) is 57.4 Å². The van der Waals surface area contributed by atoms with Gasteiger partial charge in [-0.05, 0) is 30.5 Å². The number of hydrogen-bond acceptors (Lipinski definition) is 6. The normalized spacial score (nSPS) is 15.7. The summed E-state index contributed by atoms with van der Waals surface area (Å²) in [5.41, 5.74) is 7.54. The maximum absolute atomic E-state index is 11.6. The zero-order valence-electron chi connectivity index (χ0n) is 17.1. The number of aliphatic carboxylic acids is 1. The minimum Gasteiger partial charge on any atom is -0.481 e. The number of amides is 2. The Morgan fingerprint density at radius 2 is 2.03 bits per heavy atom. The first-order chi connectivity index (χ1) is 14.0. The summed E-state index contributed by atoms with van der Waals surface area (Å²) in [6.45, 7) is 2.79. The van der Waals surface area contributed by atoms with Crippen molar-refractivity contribution in [3.8, 4) is 0 Å². The van der Waals surface area contributed by atoms with Gasteiger partial charge in [-0.2, -0.15) is 0 Å². The third kappa shape index (κ3) is 6.88. The maximum atomic E-state index is 11.6. The average Bonchev–Trinajstić information content (AvgIpc) is 2.69. The minimum atomic E-state index is -0.913. The number of ether oxygens (including phenoxy) is 3. The topological polar surface area (TPSA) is 123 Å². The SMILES string of the molecule is COCCN(c1ccc(C(COC)CC(=O)O)cc1NC(N)=O)C1CCOCC1. The maximum Gasteiger partial charge on any atom is 0.316 e. The highest BCUT2D eigenvalue weighted by molar-refractivity contribution is 5.92. The van der Waals surface area contributed by atoms with Crippen molar-refractivity contribution < 1.29 is 28.9 Å². The highest BCUT2D eigenvalue weighted by Gasteiger charge is 2.25. The summed E-state index contributed by atoms with van der Waals surface area (Å²) >= 11 is 0. The number of anilines is 2. The van der Waals surface area contributed by atoms with E-state index < -0.39 is 12.0 Å². The second kappa shape index (κ2) is 11.6. The van der Waals surface area contributed by atoms with Gasteiger partial charge in [-0.15, -0.1) is 0 Å². The first kappa shape index (κ1) is 22.9. The minimum absolute atomic E-state index is 0.0729. The number of carboxylic acids is 1. The van der Waals surface area contributed by atoms with E-state index in [1.807, 2.05) is 12.1 Å². The van der Waals surface area contributed by atoms with E-state index in [9.17, 15) is 14.7 Å². The quantitative estimate of drug-likeness (QED) is 0.511. The van der Waals surface area contributed by atoms with Gasteiger partial charge >= 0.3 is 12.0 Å². The number of nitrogens with one attached hydrogen (secondary N) is 1. The Balaban J connectivity index is 2.41. The summed E-state index contributed by atoms with van der Waals surface area (Å²) < 4.78 is 15.9. The Morgan fingerprint density at radius 3 is 2.62 bits per heavy atom. The lowest BCUT2D eigenvalue weighted by Crippen LogP contribution is -2.42. The molecule has 0 bridgehead atoms. The number of nitrogens with two attached hydrogens (primary N) is 1. The molecule has 1 unspecified atom stereocenters. The third-order valence-electron chi connectivity index (χ3n) is 5.02. The first-order valence-corrected chi connectivity index (χ1v) is 9.70. The molecule has 1 aromatic rings. The van der Waals surface area contributed by atoms with Gasteiger partial charge in [-0.3, -0.25) is 4.79 Å². The number of carboxylic acid groups (broad SMARTS) is 1. The molecular formula is C20H31N3O6. The van der Waals surface area contributed by atoms with Gasteiger partial charge < -0.3 is 35.3 Å². The predicted octanol–water partition coefficient (Wildman–Crippen LogP) is 2.01. The molecule has 4 N–H and O–H groups in total. The standard InChI is InChI=1S/C20H31N3O6/c1-27-10-7-23(16-5-8-29-9-6-16)18-4-3-14(11-17(18)22-20(21)26)15(13-28-2)12-19(24)25/h3-4,11,15-16H,5-10,12-13H2,1-2H3,(H,24,25)(H3,21,22,26). The number of carbonyl (C=O) groups is 2. The van der Waals surface area contributed by atoms with Crippen molar-refractivity contribution in [3.05, 3.63) is 23.8 Å². The van der Waals surface area contributed by atoms with Gasteiger partial charge in [0.2, 0.25) is 0 Å². The van der Waals surface area contributed by atoms with E-state index in [1.54, 1.807) is 13.2 Å². The third-order valence-corrected chi connectivity index (χ3v) is 5.02. The second-order valence-corrected chi connectivity index (χ2v) is 7.05. The monoisotopic (exact) mass is 409 g/mol. The molecule has 1 heterocycles. The Kier molecular flexibility index (Phi) is 9.17. The fraction of sp³-hybridized carbons (Fsp3) is 0.600. The number of nitrogens with zero attached hydrogens (tertiary/aromatic N) is 1. The van der Waals surface area contributed by atoms with E-state index in [2.05, 4.69) is 10.2 Å².